The van der Waals surface area contributed by atoms with E-state index in [0.717, 1.165) is 85.4 Å². The van der Waals surface area contributed by atoms with Crippen LogP contribution in [0.1, 0.15) is 42.0 Å². The molecule has 46 heavy (non-hydrogen) atoms. The Balaban J connectivity index is 0.000000879. The van der Waals surface area contributed by atoms with Gasteiger partial charge in [0, 0.05) is 54.9 Å². The molecule has 0 spiro atoms. The van der Waals surface area contributed by atoms with Crippen LogP contribution in [0.3, 0.4) is 0 Å². The first-order valence-electron chi connectivity index (χ1n) is 15.8. The number of hydrogen-bond donors (Lipinski definition) is 3. The largest absolute Gasteiger partial charge is 0.481 e. The number of carboxylic acids is 1. The molecule has 1 aliphatic rings. The fourth-order valence-electron chi connectivity index (χ4n) is 6.30. The van der Waals surface area contributed by atoms with Gasteiger partial charge in [0.1, 0.15) is 5.69 Å². The van der Waals surface area contributed by atoms with E-state index in [0.29, 0.717) is 12.2 Å². The van der Waals surface area contributed by atoms with Crippen LogP contribution >= 0.6 is 0 Å². The highest BCUT2D eigenvalue weighted by molar-refractivity contribution is 5.98. The Labute approximate surface area is 268 Å². The highest BCUT2D eigenvalue weighted by atomic mass is 16.4. The minimum Gasteiger partial charge on any atom is -0.481 e. The van der Waals surface area contributed by atoms with Crippen LogP contribution in [0, 0.1) is 0 Å². The van der Waals surface area contributed by atoms with Crippen molar-refractivity contribution in [1.82, 2.24) is 14.5 Å². The highest BCUT2D eigenvalue weighted by Gasteiger charge is 2.19. The number of rotatable bonds is 9. The van der Waals surface area contributed by atoms with Crippen LogP contribution in [-0.2, 0) is 37.3 Å². The van der Waals surface area contributed by atoms with Crippen LogP contribution in [0.4, 0.5) is 5.69 Å². The lowest BCUT2D eigenvalue weighted by molar-refractivity contribution is -0.134. The minimum absolute atomic E-state index is 0.158. The summed E-state index contributed by atoms with van der Waals surface area (Å²) >= 11 is 0. The van der Waals surface area contributed by atoms with Crippen LogP contribution in [0.25, 0.3) is 33.2 Å². The molecular weight excluding hydrogens is 574 g/mol. The molecule has 234 valence electrons. The second kappa shape index (κ2) is 13.8. The summed E-state index contributed by atoms with van der Waals surface area (Å²) in [5, 5.41) is 8.44. The van der Waals surface area contributed by atoms with E-state index in [9.17, 15) is 4.79 Å². The summed E-state index contributed by atoms with van der Waals surface area (Å²) in [5.41, 5.74) is 16.1. The van der Waals surface area contributed by atoms with Crippen LogP contribution in [-0.4, -0.2) is 32.2 Å². The van der Waals surface area contributed by atoms with E-state index in [-0.39, 0.29) is 5.56 Å². The summed E-state index contributed by atoms with van der Waals surface area (Å²) in [6, 6.07) is 32.0. The molecule has 0 amide bonds. The maximum absolute atomic E-state index is 13.5. The van der Waals surface area contributed by atoms with Crippen LogP contribution in [0.2, 0.25) is 0 Å². The van der Waals surface area contributed by atoms with Gasteiger partial charge in [0.25, 0.3) is 11.5 Å². The molecule has 0 saturated carbocycles. The Morgan fingerprint density at radius 3 is 2.20 bits per heavy atom. The number of aromatic amines is 1. The van der Waals surface area contributed by atoms with Gasteiger partial charge in [-0.1, -0.05) is 60.7 Å². The van der Waals surface area contributed by atoms with Crippen LogP contribution in [0.15, 0.2) is 102 Å². The zero-order valence-electron chi connectivity index (χ0n) is 26.1. The molecule has 7 rings (SSSR count). The average Bonchev–Trinajstić information content (AvgIpc) is 3.66. The fraction of sp³-hybridized carbons (Fsp3) is 0.237. The van der Waals surface area contributed by atoms with Crippen molar-refractivity contribution in [3.8, 4) is 11.3 Å². The first-order valence-corrected chi connectivity index (χ1v) is 15.8. The van der Waals surface area contributed by atoms with Gasteiger partial charge in [0.2, 0.25) is 0 Å². The number of nitrogens with zero attached hydrogens (tertiary/aromatic N) is 3. The number of aryl methyl sites for hydroxylation is 3. The number of carboxylic acid groups (broad SMARTS) is 1. The number of nitrogens with one attached hydrogen (secondary N) is 1. The fourth-order valence-corrected chi connectivity index (χ4v) is 6.30. The van der Waals surface area contributed by atoms with Gasteiger partial charge in [-0.05, 0) is 84.8 Å². The third kappa shape index (κ3) is 6.87. The molecule has 0 radical (unpaired) electrons. The van der Waals surface area contributed by atoms with Gasteiger partial charge in [-0.25, -0.2) is 4.98 Å². The number of nitrogens with two attached hydrogens (primary N) is 1. The molecule has 4 aromatic carbocycles. The monoisotopic (exact) mass is 613 g/mol. The number of anilines is 1. The summed E-state index contributed by atoms with van der Waals surface area (Å²) < 4.78 is 2.22. The molecule has 0 atom stereocenters. The Hall–Kier alpha value is -5.21. The van der Waals surface area contributed by atoms with E-state index < -0.39 is 5.97 Å². The van der Waals surface area contributed by atoms with E-state index in [4.69, 9.17) is 20.6 Å². The summed E-state index contributed by atoms with van der Waals surface area (Å²) in [4.78, 5) is 33.1. The van der Waals surface area contributed by atoms with Gasteiger partial charge in [-0.15, -0.1) is 0 Å². The van der Waals surface area contributed by atoms with Gasteiger partial charge in [-0.2, -0.15) is 0 Å². The third-order valence-corrected chi connectivity index (χ3v) is 8.43. The highest BCUT2D eigenvalue weighted by Crippen LogP contribution is 2.34. The molecule has 4 N–H and O–H groups in total. The third-order valence-electron chi connectivity index (χ3n) is 8.43. The second-order valence-corrected chi connectivity index (χ2v) is 11.8. The van der Waals surface area contributed by atoms with Crippen molar-refractivity contribution in [3.63, 3.8) is 0 Å². The van der Waals surface area contributed by atoms with Crippen LogP contribution < -0.4 is 16.2 Å². The molecule has 0 unspecified atom stereocenters. The van der Waals surface area contributed by atoms with E-state index in [2.05, 4.69) is 112 Å². The Morgan fingerprint density at radius 2 is 1.57 bits per heavy atom. The predicted molar refractivity (Wildman–Crippen MR) is 185 cm³/mol. The molecule has 1 aliphatic carbocycles. The molecular formula is C38H39N5O3. The van der Waals surface area contributed by atoms with Gasteiger partial charge in [-0.3, -0.25) is 9.59 Å². The summed E-state index contributed by atoms with van der Waals surface area (Å²) in [5.74, 6) is -0.833. The topological polar surface area (TPSA) is 117 Å². The van der Waals surface area contributed by atoms with E-state index >= 15 is 0 Å². The van der Waals surface area contributed by atoms with E-state index in [1.807, 2.05) is 0 Å². The number of benzene rings is 4. The van der Waals surface area contributed by atoms with Crippen molar-refractivity contribution in [2.45, 2.75) is 52.2 Å². The molecule has 0 bridgehead atoms. The van der Waals surface area contributed by atoms with E-state index in [1.54, 1.807) is 0 Å². The molecule has 2 heterocycles. The lowest BCUT2D eigenvalue weighted by atomic mass is 10.1. The quantitative estimate of drug-likeness (QED) is 0.168. The number of H-pyrrole nitrogens is 1. The van der Waals surface area contributed by atoms with Crippen molar-refractivity contribution in [3.05, 3.63) is 130 Å². The van der Waals surface area contributed by atoms with Crippen LogP contribution in [0.5, 0.6) is 0 Å². The molecule has 0 saturated heterocycles. The van der Waals surface area contributed by atoms with Gasteiger partial charge in [0.05, 0.1) is 11.0 Å². The maximum atomic E-state index is 13.5. The molecule has 8 nitrogen and oxygen atoms in total. The average molecular weight is 614 g/mol. The number of aromatic nitrogens is 3. The standard InChI is InChI=1S/C36H35N5O.C2H4O2/c37-17-8-18-40-24-31(35-36(42)39-33-20-28-14-7-13-27(28)19-32(33)38-35)30-21-29(15-16-34(30)40)41(22-25-9-3-1-4-10-25)23-26-11-5-2-6-12-26;1-2(3)4/h1-6,9-12,15-16,19-21,24H,7-8,13-14,17-18,22-23,37H2,(H,39,42);1H3,(H,3,4). The van der Waals surface area contributed by atoms with Gasteiger partial charge in [0.15, 0.2) is 0 Å². The number of fused-ring (bicyclic) bond motifs is 3. The lowest BCUT2D eigenvalue weighted by Crippen LogP contribution is -2.22. The number of aliphatic carboxylic acids is 1. The van der Waals surface area contributed by atoms with Crippen molar-refractivity contribution in [1.29, 1.82) is 0 Å². The Kier molecular flexibility index (Phi) is 9.26. The second-order valence-electron chi connectivity index (χ2n) is 11.8. The smallest absolute Gasteiger partial charge is 0.300 e. The summed E-state index contributed by atoms with van der Waals surface area (Å²) in [7, 11) is 0. The lowest BCUT2D eigenvalue weighted by Gasteiger charge is -2.26. The maximum Gasteiger partial charge on any atom is 0.300 e. The zero-order valence-corrected chi connectivity index (χ0v) is 26.1. The Morgan fingerprint density at radius 1 is 0.935 bits per heavy atom. The first kappa shape index (κ1) is 30.8. The number of carbonyl (C=O) groups is 1. The van der Waals surface area contributed by atoms with Crippen molar-refractivity contribution >= 4 is 33.6 Å². The minimum atomic E-state index is -0.833. The Bertz CT molecular complexity index is 1990. The van der Waals surface area contributed by atoms with Crippen molar-refractivity contribution < 1.29 is 9.90 Å². The molecule has 8 heteroatoms. The van der Waals surface area contributed by atoms with Gasteiger partial charge < -0.3 is 25.3 Å². The molecule has 6 aromatic rings. The summed E-state index contributed by atoms with van der Waals surface area (Å²) in [6.07, 6.45) is 6.23. The van der Waals surface area contributed by atoms with Crippen molar-refractivity contribution in [2.24, 2.45) is 5.73 Å². The molecule has 0 fully saturated rings. The SMILES string of the molecule is CC(=O)O.NCCCn1cc(-c2nc3cc4c(cc3[nH]c2=O)CCC4)c2cc(N(Cc3ccccc3)Cc3ccccc3)ccc21. The first-order chi connectivity index (χ1) is 22.4. The number of hydrogen-bond acceptors (Lipinski definition) is 5. The predicted octanol–water partition coefficient (Wildman–Crippen LogP) is 6.68. The molecule has 0 aliphatic heterocycles. The van der Waals surface area contributed by atoms with E-state index in [1.165, 1.54) is 22.3 Å². The summed E-state index contributed by atoms with van der Waals surface area (Å²) in [6.45, 7) is 4.01. The zero-order chi connectivity index (χ0) is 32.0. The normalized spacial score (nSPS) is 12.1. The van der Waals surface area contributed by atoms with Gasteiger partial charge >= 0.3 is 0 Å². The molecule has 2 aromatic heterocycles. The van der Waals surface area contributed by atoms with Crippen molar-refractivity contribution in [2.75, 3.05) is 11.4 Å².